The molecule has 2 heterocycles. The first-order valence-electron chi connectivity index (χ1n) is 4.27. The number of rotatable bonds is 2. The molecule has 2 aromatic rings. The predicted molar refractivity (Wildman–Crippen MR) is 52.8 cm³/mol. The maximum absolute atomic E-state index is 11.2. The normalized spacial score (nSPS) is 10.2. The number of methoxy groups -OCH3 is 1. The van der Waals surface area contributed by atoms with Gasteiger partial charge in [0, 0.05) is 11.6 Å². The molecule has 0 bridgehead atoms. The van der Waals surface area contributed by atoms with Crippen molar-refractivity contribution < 1.29 is 14.3 Å². The van der Waals surface area contributed by atoms with Gasteiger partial charge in [-0.05, 0) is 12.1 Å². The van der Waals surface area contributed by atoms with Crippen LogP contribution in [-0.4, -0.2) is 29.3 Å². The number of aromatic nitrogens is 2. The van der Waals surface area contributed by atoms with Crippen LogP contribution < -0.4 is 0 Å². The number of nitrogens with zero attached hydrogens (tertiary/aromatic N) is 1. The summed E-state index contributed by atoms with van der Waals surface area (Å²) in [6, 6.07) is 3.25. The van der Waals surface area contributed by atoms with Gasteiger partial charge in [0.1, 0.15) is 5.65 Å². The summed E-state index contributed by atoms with van der Waals surface area (Å²) in [5.41, 5.74) is 1.37. The number of nitrogens with one attached hydrogen (secondary N) is 1. The second-order valence-electron chi connectivity index (χ2n) is 3.00. The molecule has 0 atom stereocenters. The van der Waals surface area contributed by atoms with Crippen molar-refractivity contribution in [2.75, 3.05) is 7.11 Å². The predicted octanol–water partition coefficient (Wildman–Crippen LogP) is 1.16. The van der Waals surface area contributed by atoms with E-state index >= 15 is 0 Å². The highest BCUT2D eigenvalue weighted by atomic mass is 16.5. The Kier molecular flexibility index (Phi) is 2.21. The lowest BCUT2D eigenvalue weighted by molar-refractivity contribution is 0.0600. The van der Waals surface area contributed by atoms with E-state index in [1.165, 1.54) is 13.3 Å². The summed E-state index contributed by atoms with van der Waals surface area (Å²) in [6.45, 7) is 0. The smallest absolute Gasteiger partial charge is 0.339 e. The Balaban J connectivity index is 2.55. The number of carbonyl (C=O) groups is 2. The molecule has 15 heavy (non-hydrogen) atoms. The number of pyridine rings is 1. The van der Waals surface area contributed by atoms with Gasteiger partial charge in [0.25, 0.3) is 0 Å². The first kappa shape index (κ1) is 9.39. The van der Waals surface area contributed by atoms with Crippen molar-refractivity contribution >= 4 is 23.3 Å². The van der Waals surface area contributed by atoms with Crippen molar-refractivity contribution in [1.82, 2.24) is 9.97 Å². The van der Waals surface area contributed by atoms with Gasteiger partial charge >= 0.3 is 5.97 Å². The van der Waals surface area contributed by atoms with E-state index in [4.69, 9.17) is 0 Å². The molecule has 76 valence electrons. The molecule has 5 nitrogen and oxygen atoms in total. The van der Waals surface area contributed by atoms with Crippen LogP contribution in [0.5, 0.6) is 0 Å². The highest BCUT2D eigenvalue weighted by molar-refractivity contribution is 5.94. The number of carbonyl (C=O) groups excluding carboxylic acids is 2. The third-order valence-corrected chi connectivity index (χ3v) is 2.04. The van der Waals surface area contributed by atoms with E-state index in [-0.39, 0.29) is 0 Å². The van der Waals surface area contributed by atoms with E-state index in [9.17, 15) is 9.59 Å². The summed E-state index contributed by atoms with van der Waals surface area (Å²) in [4.78, 5) is 28.5. The summed E-state index contributed by atoms with van der Waals surface area (Å²) in [7, 11) is 1.31. The number of fused-ring (bicyclic) bond motifs is 1. The van der Waals surface area contributed by atoms with Crippen LogP contribution in [0.1, 0.15) is 20.8 Å². The molecule has 0 aliphatic rings. The zero-order chi connectivity index (χ0) is 10.8. The van der Waals surface area contributed by atoms with E-state index in [1.807, 2.05) is 0 Å². The standard InChI is InChI=1S/C10H8N2O3/c1-15-10(14)7-2-6-3-8(5-13)12-9(6)11-4-7/h2-5H,1H3,(H,11,12). The molecule has 0 aromatic carbocycles. The second-order valence-corrected chi connectivity index (χ2v) is 3.00. The molecule has 0 aliphatic heterocycles. The zero-order valence-corrected chi connectivity index (χ0v) is 7.98. The largest absolute Gasteiger partial charge is 0.465 e. The van der Waals surface area contributed by atoms with Crippen molar-refractivity contribution in [2.45, 2.75) is 0 Å². The van der Waals surface area contributed by atoms with Crippen molar-refractivity contribution in [3.63, 3.8) is 0 Å². The van der Waals surface area contributed by atoms with Crippen LogP contribution in [0.15, 0.2) is 18.3 Å². The van der Waals surface area contributed by atoms with Crippen LogP contribution in [0.3, 0.4) is 0 Å². The average molecular weight is 204 g/mol. The van der Waals surface area contributed by atoms with Gasteiger partial charge in [0.15, 0.2) is 6.29 Å². The van der Waals surface area contributed by atoms with Gasteiger partial charge < -0.3 is 9.72 Å². The minimum atomic E-state index is -0.446. The van der Waals surface area contributed by atoms with Crippen molar-refractivity contribution in [3.8, 4) is 0 Å². The third kappa shape index (κ3) is 1.59. The number of ether oxygens (including phenoxy) is 1. The quantitative estimate of drug-likeness (QED) is 0.588. The number of hydrogen-bond acceptors (Lipinski definition) is 4. The molecule has 0 fully saturated rings. The molecule has 2 rings (SSSR count). The van der Waals surface area contributed by atoms with Gasteiger partial charge in [-0.2, -0.15) is 0 Å². The van der Waals surface area contributed by atoms with E-state index in [0.29, 0.717) is 28.6 Å². The van der Waals surface area contributed by atoms with Gasteiger partial charge in [-0.15, -0.1) is 0 Å². The lowest BCUT2D eigenvalue weighted by atomic mass is 10.2. The lowest BCUT2D eigenvalue weighted by Gasteiger charge is -1.97. The lowest BCUT2D eigenvalue weighted by Crippen LogP contribution is -2.01. The molecular weight excluding hydrogens is 196 g/mol. The number of aromatic amines is 1. The minimum Gasteiger partial charge on any atom is -0.465 e. The maximum atomic E-state index is 11.2. The van der Waals surface area contributed by atoms with Crippen LogP contribution >= 0.6 is 0 Å². The molecule has 5 heteroatoms. The van der Waals surface area contributed by atoms with E-state index in [2.05, 4.69) is 14.7 Å². The highest BCUT2D eigenvalue weighted by Gasteiger charge is 2.08. The number of hydrogen-bond donors (Lipinski definition) is 1. The van der Waals surface area contributed by atoms with E-state index in [0.717, 1.165) is 0 Å². The minimum absolute atomic E-state index is 0.362. The summed E-state index contributed by atoms with van der Waals surface area (Å²) >= 11 is 0. The fourth-order valence-electron chi connectivity index (χ4n) is 1.33. The molecule has 0 aliphatic carbocycles. The molecule has 0 unspecified atom stereocenters. The van der Waals surface area contributed by atoms with Crippen LogP contribution in [0.4, 0.5) is 0 Å². The molecule has 0 radical (unpaired) electrons. The number of H-pyrrole nitrogens is 1. The Labute approximate surface area is 85.1 Å². The van der Waals surface area contributed by atoms with Crippen molar-refractivity contribution in [2.24, 2.45) is 0 Å². The maximum Gasteiger partial charge on any atom is 0.339 e. The summed E-state index contributed by atoms with van der Waals surface area (Å²) in [5.74, 6) is -0.446. The van der Waals surface area contributed by atoms with Gasteiger partial charge in [-0.3, -0.25) is 4.79 Å². The van der Waals surface area contributed by atoms with Crippen LogP contribution in [0.2, 0.25) is 0 Å². The molecule has 0 spiro atoms. The SMILES string of the molecule is COC(=O)c1cnc2[nH]c(C=O)cc2c1. The Hall–Kier alpha value is -2.17. The molecule has 2 aromatic heterocycles. The van der Waals surface area contributed by atoms with Crippen molar-refractivity contribution in [3.05, 3.63) is 29.6 Å². The topological polar surface area (TPSA) is 72.0 Å². The Bertz CT molecular complexity index is 530. The fourth-order valence-corrected chi connectivity index (χ4v) is 1.33. The summed E-state index contributed by atoms with van der Waals surface area (Å²) < 4.78 is 4.56. The Morgan fingerprint density at radius 1 is 1.53 bits per heavy atom. The fraction of sp³-hybridized carbons (Fsp3) is 0.100. The number of aldehydes is 1. The Morgan fingerprint density at radius 3 is 3.00 bits per heavy atom. The summed E-state index contributed by atoms with van der Waals surface area (Å²) in [5, 5.41) is 0.708. The van der Waals surface area contributed by atoms with Gasteiger partial charge in [-0.1, -0.05) is 0 Å². The molecule has 1 N–H and O–H groups in total. The highest BCUT2D eigenvalue weighted by Crippen LogP contribution is 2.14. The Morgan fingerprint density at radius 2 is 2.33 bits per heavy atom. The summed E-state index contributed by atoms with van der Waals surface area (Å²) in [6.07, 6.45) is 2.10. The van der Waals surface area contributed by atoms with Gasteiger partial charge in [0.05, 0.1) is 18.4 Å². The van der Waals surface area contributed by atoms with Crippen molar-refractivity contribution in [1.29, 1.82) is 0 Å². The van der Waals surface area contributed by atoms with Gasteiger partial charge in [0.2, 0.25) is 0 Å². The molecule has 0 amide bonds. The van der Waals surface area contributed by atoms with E-state index < -0.39 is 5.97 Å². The first-order chi connectivity index (χ1) is 7.24. The molecule has 0 saturated carbocycles. The second kappa shape index (κ2) is 3.53. The van der Waals surface area contributed by atoms with Crippen LogP contribution in [0.25, 0.3) is 11.0 Å². The first-order valence-corrected chi connectivity index (χ1v) is 4.27. The van der Waals surface area contributed by atoms with Crippen LogP contribution in [0, 0.1) is 0 Å². The average Bonchev–Trinajstić information content (AvgIpc) is 2.69. The molecular formula is C10H8N2O3. The van der Waals surface area contributed by atoms with E-state index in [1.54, 1.807) is 12.1 Å². The number of esters is 1. The van der Waals surface area contributed by atoms with Crippen LogP contribution in [-0.2, 0) is 4.74 Å². The molecule has 0 saturated heterocycles. The third-order valence-electron chi connectivity index (χ3n) is 2.04. The monoisotopic (exact) mass is 204 g/mol. The van der Waals surface area contributed by atoms with Gasteiger partial charge in [-0.25, -0.2) is 9.78 Å². The zero-order valence-electron chi connectivity index (χ0n) is 7.98.